The van der Waals surface area contributed by atoms with E-state index >= 15 is 0 Å². The molecule has 4 nitrogen and oxygen atoms in total. The summed E-state index contributed by atoms with van der Waals surface area (Å²) in [5.41, 5.74) is 1.89. The number of methoxy groups -OCH3 is 1. The Balaban J connectivity index is 1.62. The molecule has 3 rings (SSSR count). The van der Waals surface area contributed by atoms with Crippen molar-refractivity contribution in [2.45, 2.75) is 44.8 Å². The van der Waals surface area contributed by atoms with Gasteiger partial charge < -0.3 is 14.8 Å². The van der Waals surface area contributed by atoms with Gasteiger partial charge in [-0.3, -0.25) is 4.79 Å². The maximum atomic E-state index is 12.5. The van der Waals surface area contributed by atoms with Crippen LogP contribution in [0.3, 0.4) is 0 Å². The zero-order valence-corrected chi connectivity index (χ0v) is 15.0. The summed E-state index contributed by atoms with van der Waals surface area (Å²) in [7, 11) is 1.65. The highest BCUT2D eigenvalue weighted by molar-refractivity contribution is 5.77. The molecule has 0 saturated heterocycles. The Morgan fingerprint density at radius 1 is 1.20 bits per heavy atom. The van der Waals surface area contributed by atoms with E-state index in [4.69, 9.17) is 9.47 Å². The van der Waals surface area contributed by atoms with Crippen molar-refractivity contribution in [2.75, 3.05) is 7.11 Å². The lowest BCUT2D eigenvalue weighted by Crippen LogP contribution is -2.41. The van der Waals surface area contributed by atoms with Gasteiger partial charge in [0, 0.05) is 18.4 Å². The smallest absolute Gasteiger partial charge is 0.220 e. The second-order valence-electron chi connectivity index (χ2n) is 7.07. The molecule has 0 spiro atoms. The van der Waals surface area contributed by atoms with E-state index in [1.807, 2.05) is 48.5 Å². The van der Waals surface area contributed by atoms with E-state index in [-0.39, 0.29) is 17.6 Å². The van der Waals surface area contributed by atoms with Crippen LogP contribution in [0.15, 0.2) is 48.5 Å². The zero-order chi connectivity index (χ0) is 17.9. The molecule has 1 amide bonds. The van der Waals surface area contributed by atoms with Gasteiger partial charge in [0.15, 0.2) is 0 Å². The van der Waals surface area contributed by atoms with E-state index < -0.39 is 0 Å². The van der Waals surface area contributed by atoms with E-state index in [9.17, 15) is 4.79 Å². The summed E-state index contributed by atoms with van der Waals surface area (Å²) in [6.45, 7) is 4.11. The third-order valence-electron chi connectivity index (χ3n) is 4.51. The molecule has 0 bridgehead atoms. The molecule has 0 aromatic heterocycles. The molecule has 1 aliphatic rings. The van der Waals surface area contributed by atoms with Crippen molar-refractivity contribution in [2.24, 2.45) is 0 Å². The van der Waals surface area contributed by atoms with Gasteiger partial charge in [-0.1, -0.05) is 30.3 Å². The highest BCUT2D eigenvalue weighted by atomic mass is 16.5. The lowest BCUT2D eigenvalue weighted by molar-refractivity contribution is -0.122. The van der Waals surface area contributed by atoms with Gasteiger partial charge in [-0.15, -0.1) is 0 Å². The van der Waals surface area contributed by atoms with Gasteiger partial charge in [-0.25, -0.2) is 0 Å². The molecule has 2 aromatic rings. The summed E-state index contributed by atoms with van der Waals surface area (Å²) in [4.78, 5) is 12.5. The number of rotatable bonds is 5. The Kier molecular flexibility index (Phi) is 4.98. The highest BCUT2D eigenvalue weighted by Crippen LogP contribution is 2.39. The summed E-state index contributed by atoms with van der Waals surface area (Å²) in [5, 5.41) is 3.18. The number of nitrogens with one attached hydrogen (secondary N) is 1. The van der Waals surface area contributed by atoms with Crippen LogP contribution in [-0.2, 0) is 11.2 Å². The van der Waals surface area contributed by atoms with Crippen LogP contribution in [0.4, 0.5) is 0 Å². The minimum atomic E-state index is -0.289. The van der Waals surface area contributed by atoms with Crippen molar-refractivity contribution >= 4 is 5.91 Å². The van der Waals surface area contributed by atoms with Gasteiger partial charge in [-0.05, 0) is 44.0 Å². The molecule has 0 unspecified atom stereocenters. The van der Waals surface area contributed by atoms with Gasteiger partial charge in [0.05, 0.1) is 13.2 Å². The van der Waals surface area contributed by atoms with Crippen LogP contribution in [0.2, 0.25) is 0 Å². The third kappa shape index (κ3) is 4.32. The SMILES string of the molecule is COc1ccc(CCC(=O)N[C@@H]2CC(C)(C)Oc3ccccc32)cc1. The minimum Gasteiger partial charge on any atom is -0.497 e. The number of amides is 1. The van der Waals surface area contributed by atoms with Crippen LogP contribution in [0, 0.1) is 0 Å². The Bertz CT molecular complexity index is 737. The zero-order valence-electron chi connectivity index (χ0n) is 15.0. The Labute approximate surface area is 149 Å². The van der Waals surface area contributed by atoms with Crippen LogP contribution in [0.1, 0.15) is 43.9 Å². The van der Waals surface area contributed by atoms with Crippen molar-refractivity contribution in [1.82, 2.24) is 5.32 Å². The molecule has 4 heteroatoms. The molecule has 25 heavy (non-hydrogen) atoms. The molecule has 132 valence electrons. The van der Waals surface area contributed by atoms with Gasteiger partial charge in [0.2, 0.25) is 5.91 Å². The van der Waals surface area contributed by atoms with Gasteiger partial charge in [-0.2, -0.15) is 0 Å². The number of aryl methyl sites for hydroxylation is 1. The molecule has 1 atom stereocenters. The summed E-state index contributed by atoms with van der Waals surface area (Å²) < 4.78 is 11.2. The van der Waals surface area contributed by atoms with E-state index in [0.717, 1.165) is 29.0 Å². The van der Waals surface area contributed by atoms with Crippen molar-refractivity contribution in [3.63, 3.8) is 0 Å². The maximum Gasteiger partial charge on any atom is 0.220 e. The molecule has 0 saturated carbocycles. The summed E-state index contributed by atoms with van der Waals surface area (Å²) >= 11 is 0. The average Bonchev–Trinajstić information content (AvgIpc) is 2.59. The average molecular weight is 339 g/mol. The lowest BCUT2D eigenvalue weighted by Gasteiger charge is -2.37. The molecule has 2 aromatic carbocycles. The number of para-hydroxylation sites is 1. The van der Waals surface area contributed by atoms with Gasteiger partial charge in [0.25, 0.3) is 0 Å². The topological polar surface area (TPSA) is 47.6 Å². The molecule has 1 heterocycles. The normalized spacial score (nSPS) is 18.0. The fourth-order valence-corrected chi connectivity index (χ4v) is 3.25. The molecule has 0 radical (unpaired) electrons. The number of carbonyl (C=O) groups excluding carboxylic acids is 1. The highest BCUT2D eigenvalue weighted by Gasteiger charge is 2.34. The fraction of sp³-hybridized carbons (Fsp3) is 0.381. The minimum absolute atomic E-state index is 0.0108. The molecule has 1 N–H and O–H groups in total. The predicted molar refractivity (Wildman–Crippen MR) is 98.0 cm³/mol. The van der Waals surface area contributed by atoms with Crippen LogP contribution in [0.25, 0.3) is 0 Å². The number of ether oxygens (including phenoxy) is 2. The first kappa shape index (κ1) is 17.3. The Hall–Kier alpha value is -2.49. The molecule has 0 aliphatic carbocycles. The summed E-state index contributed by atoms with van der Waals surface area (Å²) in [6.07, 6.45) is 1.94. The standard InChI is InChI=1S/C21H25NO3/c1-21(2)14-18(17-6-4-5-7-19(17)25-21)22-20(23)13-10-15-8-11-16(24-3)12-9-15/h4-9,11-12,18H,10,13-14H2,1-3H3,(H,22,23)/t18-/m1/s1. The number of hydrogen-bond acceptors (Lipinski definition) is 3. The number of hydrogen-bond donors (Lipinski definition) is 1. The fourth-order valence-electron chi connectivity index (χ4n) is 3.25. The second kappa shape index (κ2) is 7.18. The second-order valence-corrected chi connectivity index (χ2v) is 7.07. The van der Waals surface area contributed by atoms with Crippen LogP contribution in [0.5, 0.6) is 11.5 Å². The van der Waals surface area contributed by atoms with Crippen LogP contribution >= 0.6 is 0 Å². The first-order valence-corrected chi connectivity index (χ1v) is 8.67. The summed E-state index contributed by atoms with van der Waals surface area (Å²) in [5.74, 6) is 1.75. The first-order valence-electron chi connectivity index (χ1n) is 8.67. The van der Waals surface area contributed by atoms with E-state index in [1.54, 1.807) is 7.11 Å². The maximum absolute atomic E-state index is 12.5. The van der Waals surface area contributed by atoms with E-state index in [2.05, 4.69) is 19.2 Å². The number of carbonyl (C=O) groups is 1. The molecule has 0 fully saturated rings. The Morgan fingerprint density at radius 2 is 1.92 bits per heavy atom. The van der Waals surface area contributed by atoms with E-state index in [1.165, 1.54) is 0 Å². The molecular weight excluding hydrogens is 314 g/mol. The van der Waals surface area contributed by atoms with Crippen molar-refractivity contribution in [3.8, 4) is 11.5 Å². The molecule has 1 aliphatic heterocycles. The third-order valence-corrected chi connectivity index (χ3v) is 4.51. The van der Waals surface area contributed by atoms with Gasteiger partial charge >= 0.3 is 0 Å². The van der Waals surface area contributed by atoms with Gasteiger partial charge in [0.1, 0.15) is 17.1 Å². The summed E-state index contributed by atoms with van der Waals surface area (Å²) in [6, 6.07) is 15.8. The van der Waals surface area contributed by atoms with Crippen molar-refractivity contribution in [1.29, 1.82) is 0 Å². The Morgan fingerprint density at radius 3 is 2.64 bits per heavy atom. The quantitative estimate of drug-likeness (QED) is 0.894. The van der Waals surface area contributed by atoms with Crippen LogP contribution < -0.4 is 14.8 Å². The van der Waals surface area contributed by atoms with E-state index in [0.29, 0.717) is 12.8 Å². The lowest BCUT2D eigenvalue weighted by atomic mass is 9.89. The van der Waals surface area contributed by atoms with Crippen molar-refractivity contribution < 1.29 is 14.3 Å². The number of fused-ring (bicyclic) bond motifs is 1. The first-order chi connectivity index (χ1) is 12.0. The molecular formula is C21H25NO3. The number of benzene rings is 2. The monoisotopic (exact) mass is 339 g/mol. The van der Waals surface area contributed by atoms with Crippen LogP contribution in [-0.4, -0.2) is 18.6 Å². The largest absolute Gasteiger partial charge is 0.497 e. The predicted octanol–water partition coefficient (Wildman–Crippen LogP) is 4.05. The van der Waals surface area contributed by atoms with Crippen molar-refractivity contribution in [3.05, 3.63) is 59.7 Å².